The Bertz CT molecular complexity index is 306. The lowest BCUT2D eigenvalue weighted by Gasteiger charge is -2.30. The fourth-order valence-electron chi connectivity index (χ4n) is 2.49. The molecule has 0 saturated heterocycles. The summed E-state index contributed by atoms with van der Waals surface area (Å²) in [6.45, 7) is 5.37. The van der Waals surface area contributed by atoms with Gasteiger partial charge in [-0.3, -0.25) is 4.79 Å². The molecule has 16 heavy (non-hydrogen) atoms. The van der Waals surface area contributed by atoms with Crippen LogP contribution in [0.3, 0.4) is 0 Å². The summed E-state index contributed by atoms with van der Waals surface area (Å²) in [6, 6.07) is 0. The molecule has 3 nitrogen and oxygen atoms in total. The minimum absolute atomic E-state index is 0.0981. The van der Waals surface area contributed by atoms with Crippen molar-refractivity contribution in [3.05, 3.63) is 11.1 Å². The zero-order chi connectivity index (χ0) is 12.3. The van der Waals surface area contributed by atoms with Crippen molar-refractivity contribution in [1.82, 2.24) is 0 Å². The van der Waals surface area contributed by atoms with Crippen molar-refractivity contribution in [3.63, 3.8) is 0 Å². The first-order valence-corrected chi connectivity index (χ1v) is 6.04. The van der Waals surface area contributed by atoms with E-state index in [1.165, 1.54) is 0 Å². The van der Waals surface area contributed by atoms with Crippen molar-refractivity contribution in [3.8, 4) is 0 Å². The first-order chi connectivity index (χ1) is 7.49. The molecule has 2 atom stereocenters. The van der Waals surface area contributed by atoms with E-state index in [1.54, 1.807) is 13.8 Å². The number of aliphatic hydroxyl groups is 2. The maximum absolute atomic E-state index is 11.8. The van der Waals surface area contributed by atoms with Crippen LogP contribution in [0.2, 0.25) is 0 Å². The van der Waals surface area contributed by atoms with E-state index in [0.29, 0.717) is 12.0 Å². The van der Waals surface area contributed by atoms with Crippen LogP contribution in [-0.4, -0.2) is 28.2 Å². The summed E-state index contributed by atoms with van der Waals surface area (Å²) in [7, 11) is 0. The lowest BCUT2D eigenvalue weighted by atomic mass is 9.82. The first kappa shape index (κ1) is 13.4. The van der Waals surface area contributed by atoms with Crippen LogP contribution in [-0.2, 0) is 4.79 Å². The minimum atomic E-state index is -1.11. The third-order valence-electron chi connectivity index (χ3n) is 3.82. The molecule has 0 aromatic carbocycles. The molecule has 0 spiro atoms. The zero-order valence-electron chi connectivity index (χ0n) is 10.4. The molecule has 1 rings (SSSR count). The summed E-state index contributed by atoms with van der Waals surface area (Å²) in [5, 5.41) is 19.8. The number of hydrogen-bond acceptors (Lipinski definition) is 3. The van der Waals surface area contributed by atoms with Gasteiger partial charge in [-0.15, -0.1) is 0 Å². The van der Waals surface area contributed by atoms with Crippen molar-refractivity contribution < 1.29 is 15.0 Å². The van der Waals surface area contributed by atoms with Crippen molar-refractivity contribution in [1.29, 1.82) is 0 Å². The molecule has 92 valence electrons. The number of unbranched alkanes of at least 4 members (excludes halogenated alkanes) is 2. The van der Waals surface area contributed by atoms with Crippen LogP contribution >= 0.6 is 0 Å². The highest BCUT2D eigenvalue weighted by molar-refractivity contribution is 6.02. The SMILES string of the molecule is CCCCCC1(O)C(C)=C(C)C(=O)C1CO. The minimum Gasteiger partial charge on any atom is -0.395 e. The molecule has 1 aliphatic rings. The van der Waals surface area contributed by atoms with Crippen molar-refractivity contribution in [2.75, 3.05) is 6.61 Å². The van der Waals surface area contributed by atoms with Crippen LogP contribution in [0.1, 0.15) is 46.5 Å². The third kappa shape index (κ3) is 2.06. The average Bonchev–Trinajstić information content (AvgIpc) is 2.42. The number of rotatable bonds is 5. The van der Waals surface area contributed by atoms with Gasteiger partial charge in [-0.2, -0.15) is 0 Å². The number of carbonyl (C=O) groups is 1. The van der Waals surface area contributed by atoms with Gasteiger partial charge in [-0.25, -0.2) is 0 Å². The molecule has 0 aromatic heterocycles. The van der Waals surface area contributed by atoms with Crippen molar-refractivity contribution in [2.45, 2.75) is 52.1 Å². The van der Waals surface area contributed by atoms with Gasteiger partial charge in [0.1, 0.15) is 0 Å². The molecule has 0 fully saturated rings. The predicted molar refractivity (Wildman–Crippen MR) is 63.0 cm³/mol. The van der Waals surface area contributed by atoms with E-state index >= 15 is 0 Å². The molecule has 2 N–H and O–H groups in total. The third-order valence-corrected chi connectivity index (χ3v) is 3.82. The molecule has 0 saturated carbocycles. The van der Waals surface area contributed by atoms with E-state index in [-0.39, 0.29) is 12.4 Å². The molecule has 0 aliphatic heterocycles. The van der Waals surface area contributed by atoms with Gasteiger partial charge in [0.2, 0.25) is 0 Å². The van der Waals surface area contributed by atoms with Crippen LogP contribution in [0.5, 0.6) is 0 Å². The Kier molecular flexibility index (Phi) is 4.28. The summed E-state index contributed by atoms with van der Waals surface area (Å²) in [6.07, 6.45) is 3.58. The fraction of sp³-hybridized carbons (Fsp3) is 0.769. The number of carbonyl (C=O) groups excluding carboxylic acids is 1. The van der Waals surface area contributed by atoms with Crippen LogP contribution in [0.4, 0.5) is 0 Å². The van der Waals surface area contributed by atoms with Gasteiger partial charge in [0, 0.05) is 0 Å². The van der Waals surface area contributed by atoms with Gasteiger partial charge in [0.15, 0.2) is 5.78 Å². The molecule has 0 aromatic rings. The smallest absolute Gasteiger partial charge is 0.167 e. The van der Waals surface area contributed by atoms with Crippen molar-refractivity contribution in [2.24, 2.45) is 5.92 Å². The Morgan fingerprint density at radius 1 is 1.31 bits per heavy atom. The maximum Gasteiger partial charge on any atom is 0.167 e. The summed E-state index contributed by atoms with van der Waals surface area (Å²) >= 11 is 0. The highest BCUT2D eigenvalue weighted by atomic mass is 16.3. The second-order valence-electron chi connectivity index (χ2n) is 4.73. The second kappa shape index (κ2) is 5.11. The fourth-order valence-corrected chi connectivity index (χ4v) is 2.49. The molecule has 1 aliphatic carbocycles. The highest BCUT2D eigenvalue weighted by Crippen LogP contribution is 2.41. The monoisotopic (exact) mass is 226 g/mol. The van der Waals surface area contributed by atoms with E-state index in [4.69, 9.17) is 0 Å². The molecule has 2 unspecified atom stereocenters. The number of Topliss-reactive ketones (excluding diaryl/α,β-unsaturated/α-hetero) is 1. The van der Waals surface area contributed by atoms with Gasteiger partial charge in [-0.1, -0.05) is 26.2 Å². The van der Waals surface area contributed by atoms with E-state index in [0.717, 1.165) is 24.8 Å². The molecule has 0 amide bonds. The molecular formula is C13H22O3. The Morgan fingerprint density at radius 2 is 1.94 bits per heavy atom. The van der Waals surface area contributed by atoms with Gasteiger partial charge >= 0.3 is 0 Å². The lowest BCUT2D eigenvalue weighted by Crippen LogP contribution is -2.40. The van der Waals surface area contributed by atoms with Crippen LogP contribution in [0, 0.1) is 5.92 Å². The average molecular weight is 226 g/mol. The number of allylic oxidation sites excluding steroid dienone is 1. The van der Waals surface area contributed by atoms with Crippen LogP contribution in [0.15, 0.2) is 11.1 Å². The Morgan fingerprint density at radius 3 is 2.44 bits per heavy atom. The predicted octanol–water partition coefficient (Wildman–Crippen LogP) is 1.83. The maximum atomic E-state index is 11.8. The van der Waals surface area contributed by atoms with Crippen LogP contribution in [0.25, 0.3) is 0 Å². The van der Waals surface area contributed by atoms with E-state index in [1.807, 2.05) is 0 Å². The highest BCUT2D eigenvalue weighted by Gasteiger charge is 2.48. The number of aliphatic hydroxyl groups excluding tert-OH is 1. The molecule has 0 heterocycles. The Hall–Kier alpha value is -0.670. The number of hydrogen-bond donors (Lipinski definition) is 2. The van der Waals surface area contributed by atoms with Gasteiger partial charge in [0.05, 0.1) is 18.1 Å². The summed E-state index contributed by atoms with van der Waals surface area (Å²) < 4.78 is 0. The standard InChI is InChI=1S/C13H22O3/c1-4-5-6-7-13(16)10(3)9(2)12(15)11(13)8-14/h11,14,16H,4-8H2,1-3H3. The van der Waals surface area contributed by atoms with E-state index in [2.05, 4.69) is 6.92 Å². The van der Waals surface area contributed by atoms with Crippen LogP contribution < -0.4 is 0 Å². The topological polar surface area (TPSA) is 57.5 Å². The Balaban J connectivity index is 2.86. The van der Waals surface area contributed by atoms with Crippen molar-refractivity contribution >= 4 is 5.78 Å². The molecular weight excluding hydrogens is 204 g/mol. The van der Waals surface area contributed by atoms with Gasteiger partial charge in [0.25, 0.3) is 0 Å². The summed E-state index contributed by atoms with van der Waals surface area (Å²) in [5.74, 6) is -0.747. The normalized spacial score (nSPS) is 30.3. The quantitative estimate of drug-likeness (QED) is 0.703. The molecule has 0 radical (unpaired) electrons. The molecule has 0 bridgehead atoms. The second-order valence-corrected chi connectivity index (χ2v) is 4.73. The van der Waals surface area contributed by atoms with E-state index < -0.39 is 11.5 Å². The lowest BCUT2D eigenvalue weighted by molar-refractivity contribution is -0.126. The first-order valence-electron chi connectivity index (χ1n) is 6.04. The number of ketones is 1. The van der Waals surface area contributed by atoms with Gasteiger partial charge < -0.3 is 10.2 Å². The van der Waals surface area contributed by atoms with Gasteiger partial charge in [-0.05, 0) is 31.4 Å². The summed E-state index contributed by atoms with van der Waals surface area (Å²) in [5.41, 5.74) is 0.260. The Labute approximate surface area is 97.2 Å². The largest absolute Gasteiger partial charge is 0.395 e. The molecule has 3 heteroatoms. The summed E-state index contributed by atoms with van der Waals surface area (Å²) in [4.78, 5) is 11.8. The van der Waals surface area contributed by atoms with E-state index in [9.17, 15) is 15.0 Å². The zero-order valence-corrected chi connectivity index (χ0v) is 10.4.